The molecule has 1 aromatic heterocycles. The largest absolute Gasteiger partial charge is 0.479 e. The first-order valence-electron chi connectivity index (χ1n) is 8.73. The van der Waals surface area contributed by atoms with Crippen molar-refractivity contribution >= 4 is 32.9 Å². The van der Waals surface area contributed by atoms with Gasteiger partial charge in [-0.2, -0.15) is 0 Å². The van der Waals surface area contributed by atoms with Gasteiger partial charge in [0, 0.05) is 10.5 Å². The normalized spacial score (nSPS) is 11.9. The summed E-state index contributed by atoms with van der Waals surface area (Å²) in [6.07, 6.45) is -0.773. The standard InChI is InChI=1S/C21H19BrO6/c1-4-25-21(24)13(3)26-16-9-10-17-18(11-16)27-12(2)20(19(17)23)28-15-7-5-14(22)6-8-15/h5-11,13H,4H2,1-3H3/t13-/m1/s1. The SMILES string of the molecule is CCOC(=O)[C@@H](C)Oc1ccc2c(=O)c(Oc3ccc(Br)cc3)c(C)oc2c1. The number of halogens is 1. The van der Waals surface area contributed by atoms with Gasteiger partial charge in [-0.3, -0.25) is 4.79 Å². The summed E-state index contributed by atoms with van der Waals surface area (Å²) in [5.41, 5.74) is 0.0610. The van der Waals surface area contributed by atoms with Gasteiger partial charge in [0.05, 0.1) is 12.0 Å². The Hall–Kier alpha value is -2.80. The smallest absolute Gasteiger partial charge is 0.347 e. The van der Waals surface area contributed by atoms with E-state index in [9.17, 15) is 9.59 Å². The van der Waals surface area contributed by atoms with E-state index >= 15 is 0 Å². The van der Waals surface area contributed by atoms with Crippen LogP contribution < -0.4 is 14.9 Å². The lowest BCUT2D eigenvalue weighted by Gasteiger charge is -2.14. The summed E-state index contributed by atoms with van der Waals surface area (Å²) in [7, 11) is 0. The molecule has 0 saturated carbocycles. The van der Waals surface area contributed by atoms with Crippen molar-refractivity contribution in [3.8, 4) is 17.2 Å². The minimum absolute atomic E-state index is 0.128. The van der Waals surface area contributed by atoms with Gasteiger partial charge < -0.3 is 18.6 Å². The molecule has 0 aliphatic heterocycles. The number of carbonyl (C=O) groups is 1. The third-order valence-electron chi connectivity index (χ3n) is 3.95. The molecule has 0 saturated heterocycles. The number of fused-ring (bicyclic) bond motifs is 1. The number of carbonyl (C=O) groups excluding carboxylic acids is 1. The topological polar surface area (TPSA) is 75.0 Å². The molecule has 0 aliphatic rings. The van der Waals surface area contributed by atoms with Crippen LogP contribution in [-0.4, -0.2) is 18.7 Å². The number of hydrogen-bond donors (Lipinski definition) is 0. The van der Waals surface area contributed by atoms with E-state index in [1.807, 2.05) is 12.1 Å². The molecule has 0 N–H and O–H groups in total. The Balaban J connectivity index is 1.91. The van der Waals surface area contributed by atoms with Crippen LogP contribution in [-0.2, 0) is 9.53 Å². The quantitative estimate of drug-likeness (QED) is 0.496. The van der Waals surface area contributed by atoms with E-state index in [2.05, 4.69) is 15.9 Å². The van der Waals surface area contributed by atoms with Gasteiger partial charge >= 0.3 is 5.97 Å². The molecule has 0 aliphatic carbocycles. The maximum atomic E-state index is 12.8. The summed E-state index contributed by atoms with van der Waals surface area (Å²) in [6.45, 7) is 5.26. The van der Waals surface area contributed by atoms with Crippen molar-refractivity contribution in [3.05, 3.63) is 62.9 Å². The minimum Gasteiger partial charge on any atom is -0.479 e. The van der Waals surface area contributed by atoms with Crippen molar-refractivity contribution in [1.29, 1.82) is 0 Å². The first kappa shape index (κ1) is 19.9. The minimum atomic E-state index is -0.773. The van der Waals surface area contributed by atoms with Crippen LogP contribution in [0.1, 0.15) is 19.6 Å². The van der Waals surface area contributed by atoms with Gasteiger partial charge in [-0.05, 0) is 57.2 Å². The molecule has 1 atom stereocenters. The molecule has 0 unspecified atom stereocenters. The predicted molar refractivity (Wildman–Crippen MR) is 108 cm³/mol. The van der Waals surface area contributed by atoms with Gasteiger partial charge in [-0.25, -0.2) is 4.79 Å². The highest BCUT2D eigenvalue weighted by molar-refractivity contribution is 9.10. The average molecular weight is 447 g/mol. The lowest BCUT2D eigenvalue weighted by Crippen LogP contribution is -2.26. The zero-order chi connectivity index (χ0) is 20.3. The maximum Gasteiger partial charge on any atom is 0.347 e. The zero-order valence-corrected chi connectivity index (χ0v) is 17.2. The number of aryl methyl sites for hydroxylation is 1. The van der Waals surface area contributed by atoms with Gasteiger partial charge in [0.25, 0.3) is 0 Å². The Kier molecular flexibility index (Phi) is 6.04. The molecule has 0 bridgehead atoms. The summed E-state index contributed by atoms with van der Waals surface area (Å²) in [5, 5.41) is 0.355. The van der Waals surface area contributed by atoms with E-state index in [4.69, 9.17) is 18.6 Å². The Labute approximate surface area is 170 Å². The first-order valence-corrected chi connectivity index (χ1v) is 9.52. The summed E-state index contributed by atoms with van der Waals surface area (Å²) in [4.78, 5) is 24.6. The number of hydrogen-bond acceptors (Lipinski definition) is 6. The van der Waals surface area contributed by atoms with E-state index in [1.165, 1.54) is 0 Å². The molecule has 146 valence electrons. The molecule has 28 heavy (non-hydrogen) atoms. The van der Waals surface area contributed by atoms with Crippen molar-refractivity contribution in [2.24, 2.45) is 0 Å². The molecule has 0 amide bonds. The van der Waals surface area contributed by atoms with Crippen LogP contribution >= 0.6 is 15.9 Å². The van der Waals surface area contributed by atoms with Gasteiger partial charge in [0.15, 0.2) is 6.10 Å². The number of benzene rings is 2. The highest BCUT2D eigenvalue weighted by Crippen LogP contribution is 2.28. The fourth-order valence-corrected chi connectivity index (χ4v) is 2.86. The van der Waals surface area contributed by atoms with Crippen LogP contribution in [0.4, 0.5) is 0 Å². The fourth-order valence-electron chi connectivity index (χ4n) is 2.59. The van der Waals surface area contributed by atoms with E-state index in [1.54, 1.807) is 51.1 Å². The highest BCUT2D eigenvalue weighted by Gasteiger charge is 2.18. The molecule has 3 rings (SSSR count). The van der Waals surface area contributed by atoms with Gasteiger partial charge in [-0.15, -0.1) is 0 Å². The maximum absolute atomic E-state index is 12.8. The average Bonchev–Trinajstić information content (AvgIpc) is 2.66. The number of esters is 1. The van der Waals surface area contributed by atoms with E-state index in [0.717, 1.165) is 4.47 Å². The van der Waals surface area contributed by atoms with Crippen molar-refractivity contribution in [2.45, 2.75) is 26.9 Å². The van der Waals surface area contributed by atoms with E-state index < -0.39 is 12.1 Å². The summed E-state index contributed by atoms with van der Waals surface area (Å²) >= 11 is 3.36. The van der Waals surface area contributed by atoms with Crippen LogP contribution in [0.5, 0.6) is 17.2 Å². The summed E-state index contributed by atoms with van der Waals surface area (Å²) in [6, 6.07) is 11.9. The van der Waals surface area contributed by atoms with Gasteiger partial charge in [0.2, 0.25) is 11.2 Å². The fraction of sp³-hybridized carbons (Fsp3) is 0.238. The summed E-state index contributed by atoms with van der Waals surface area (Å²) < 4.78 is 22.9. The summed E-state index contributed by atoms with van der Waals surface area (Å²) in [5.74, 6) is 0.941. The van der Waals surface area contributed by atoms with E-state index in [-0.39, 0.29) is 17.8 Å². The molecule has 0 radical (unpaired) electrons. The second-order valence-electron chi connectivity index (χ2n) is 6.04. The molecule has 1 heterocycles. The molecule has 6 nitrogen and oxygen atoms in total. The first-order chi connectivity index (χ1) is 13.4. The third kappa shape index (κ3) is 4.36. The van der Waals surface area contributed by atoms with Crippen LogP contribution in [0, 0.1) is 6.92 Å². The second-order valence-corrected chi connectivity index (χ2v) is 6.96. The van der Waals surface area contributed by atoms with Crippen molar-refractivity contribution in [2.75, 3.05) is 6.61 Å². The molecular weight excluding hydrogens is 428 g/mol. The van der Waals surface area contributed by atoms with Crippen LogP contribution in [0.15, 0.2) is 56.1 Å². The predicted octanol–water partition coefficient (Wildman–Crippen LogP) is 4.99. The Morgan fingerprint density at radius 3 is 2.50 bits per heavy atom. The molecular formula is C21H19BrO6. The molecule has 7 heteroatoms. The molecule has 0 fully saturated rings. The number of ether oxygens (including phenoxy) is 3. The Morgan fingerprint density at radius 2 is 1.82 bits per heavy atom. The third-order valence-corrected chi connectivity index (χ3v) is 4.48. The Morgan fingerprint density at radius 1 is 1.14 bits per heavy atom. The monoisotopic (exact) mass is 446 g/mol. The molecule has 2 aromatic carbocycles. The number of rotatable bonds is 6. The van der Waals surface area contributed by atoms with Crippen LogP contribution in [0.3, 0.4) is 0 Å². The lowest BCUT2D eigenvalue weighted by molar-refractivity contribution is -0.150. The van der Waals surface area contributed by atoms with Crippen molar-refractivity contribution in [3.63, 3.8) is 0 Å². The van der Waals surface area contributed by atoms with E-state index in [0.29, 0.717) is 28.2 Å². The highest BCUT2D eigenvalue weighted by atomic mass is 79.9. The zero-order valence-electron chi connectivity index (χ0n) is 15.7. The van der Waals surface area contributed by atoms with Crippen molar-refractivity contribution < 1.29 is 23.4 Å². The molecule has 0 spiro atoms. The van der Waals surface area contributed by atoms with Gasteiger partial charge in [0.1, 0.15) is 22.8 Å². The van der Waals surface area contributed by atoms with Gasteiger partial charge in [-0.1, -0.05) is 15.9 Å². The Bertz CT molecular complexity index is 1050. The lowest BCUT2D eigenvalue weighted by atomic mass is 10.2. The molecule has 3 aromatic rings. The van der Waals surface area contributed by atoms with Crippen LogP contribution in [0.2, 0.25) is 0 Å². The second kappa shape index (κ2) is 8.48. The van der Waals surface area contributed by atoms with Crippen molar-refractivity contribution in [1.82, 2.24) is 0 Å². The van der Waals surface area contributed by atoms with Crippen LogP contribution in [0.25, 0.3) is 11.0 Å².